The van der Waals surface area contributed by atoms with Gasteiger partial charge in [-0.2, -0.15) is 5.10 Å². The van der Waals surface area contributed by atoms with E-state index < -0.39 is 5.97 Å². The van der Waals surface area contributed by atoms with E-state index in [1.807, 2.05) is 23.7 Å². The first-order valence-electron chi connectivity index (χ1n) is 10.5. The second-order valence-corrected chi connectivity index (χ2v) is 7.88. The van der Waals surface area contributed by atoms with Gasteiger partial charge in [0.1, 0.15) is 5.75 Å². The summed E-state index contributed by atoms with van der Waals surface area (Å²) in [6.45, 7) is 4.97. The summed E-state index contributed by atoms with van der Waals surface area (Å²) in [5, 5.41) is 14.8. The highest BCUT2D eigenvalue weighted by Crippen LogP contribution is 2.36. The minimum Gasteiger partial charge on any atom is -0.490 e. The predicted molar refractivity (Wildman–Crippen MR) is 114 cm³/mol. The van der Waals surface area contributed by atoms with Crippen LogP contribution in [0, 0.1) is 6.92 Å². The van der Waals surface area contributed by atoms with Crippen LogP contribution in [-0.2, 0) is 17.8 Å². The van der Waals surface area contributed by atoms with Gasteiger partial charge in [0.15, 0.2) is 0 Å². The molecule has 1 aliphatic rings. The molecule has 1 saturated carbocycles. The van der Waals surface area contributed by atoms with E-state index in [0.29, 0.717) is 6.42 Å². The summed E-state index contributed by atoms with van der Waals surface area (Å²) in [4.78, 5) is 11.0. The fourth-order valence-electron chi connectivity index (χ4n) is 4.25. The van der Waals surface area contributed by atoms with E-state index in [2.05, 4.69) is 36.3 Å². The third-order valence-corrected chi connectivity index (χ3v) is 5.81. The number of rotatable bonds is 7. The van der Waals surface area contributed by atoms with Gasteiger partial charge in [-0.05, 0) is 81.3 Å². The number of aliphatic carboxylic acids is 1. The minimum absolute atomic E-state index is 0.129. The normalized spacial score (nSPS) is 14.6. The molecule has 2 aromatic carbocycles. The molecule has 3 aromatic rings. The van der Waals surface area contributed by atoms with E-state index in [9.17, 15) is 4.79 Å². The van der Waals surface area contributed by atoms with Gasteiger partial charge in [-0.25, -0.2) is 0 Å². The highest BCUT2D eigenvalue weighted by atomic mass is 16.5. The van der Waals surface area contributed by atoms with Gasteiger partial charge in [0.25, 0.3) is 0 Å². The Hall–Kier alpha value is -2.82. The lowest BCUT2D eigenvalue weighted by molar-refractivity contribution is -0.136. The molecule has 0 spiro atoms. The van der Waals surface area contributed by atoms with Crippen LogP contribution >= 0.6 is 0 Å². The van der Waals surface area contributed by atoms with Crippen molar-refractivity contribution in [1.29, 1.82) is 0 Å². The number of aryl methyl sites for hydroxylation is 3. The Balaban J connectivity index is 1.75. The summed E-state index contributed by atoms with van der Waals surface area (Å²) in [6.07, 6.45) is 5.55. The number of fused-ring (bicyclic) bond motifs is 1. The van der Waals surface area contributed by atoms with Crippen LogP contribution in [0.2, 0.25) is 0 Å². The van der Waals surface area contributed by atoms with Crippen molar-refractivity contribution < 1.29 is 14.6 Å². The van der Waals surface area contributed by atoms with Crippen molar-refractivity contribution in [2.75, 3.05) is 0 Å². The number of nitrogens with zero attached hydrogens (tertiary/aromatic N) is 2. The number of aromatic nitrogens is 2. The molecule has 5 heteroatoms. The molecule has 1 fully saturated rings. The standard InChI is InChI=1S/C24H28N2O3/c1-3-26-22-11-10-18(15-20(22)16(2)25-26)21-14-17(9-13-24(27)28)8-12-23(21)29-19-6-4-5-7-19/h8,10-12,14-15,19H,3-7,9,13H2,1-2H3,(H,27,28). The molecule has 0 bridgehead atoms. The molecule has 5 nitrogen and oxygen atoms in total. The lowest BCUT2D eigenvalue weighted by Crippen LogP contribution is -2.11. The summed E-state index contributed by atoms with van der Waals surface area (Å²) < 4.78 is 8.39. The smallest absolute Gasteiger partial charge is 0.303 e. The van der Waals surface area contributed by atoms with Crippen molar-refractivity contribution >= 4 is 16.9 Å². The molecule has 0 atom stereocenters. The highest BCUT2D eigenvalue weighted by molar-refractivity contribution is 5.88. The van der Waals surface area contributed by atoms with Crippen LogP contribution in [0.25, 0.3) is 22.0 Å². The molecule has 1 N–H and O–H groups in total. The fourth-order valence-corrected chi connectivity index (χ4v) is 4.25. The molecule has 152 valence electrons. The van der Waals surface area contributed by atoms with E-state index in [0.717, 1.165) is 58.4 Å². The Morgan fingerprint density at radius 1 is 1.21 bits per heavy atom. The zero-order chi connectivity index (χ0) is 20.4. The van der Waals surface area contributed by atoms with E-state index in [1.165, 1.54) is 12.8 Å². The van der Waals surface area contributed by atoms with Gasteiger partial charge in [0.2, 0.25) is 0 Å². The average molecular weight is 392 g/mol. The summed E-state index contributed by atoms with van der Waals surface area (Å²) in [5.74, 6) is 0.109. The molecule has 0 aliphatic heterocycles. The van der Waals surface area contributed by atoms with Crippen molar-refractivity contribution in [2.24, 2.45) is 0 Å². The van der Waals surface area contributed by atoms with Crippen molar-refractivity contribution in [1.82, 2.24) is 9.78 Å². The monoisotopic (exact) mass is 392 g/mol. The maximum atomic E-state index is 11.0. The second-order valence-electron chi connectivity index (χ2n) is 7.88. The van der Waals surface area contributed by atoms with Crippen molar-refractivity contribution in [3.8, 4) is 16.9 Å². The fraction of sp³-hybridized carbons (Fsp3) is 0.417. The molecular weight excluding hydrogens is 364 g/mol. The van der Waals surface area contributed by atoms with Crippen LogP contribution in [0.4, 0.5) is 0 Å². The molecule has 0 amide bonds. The third kappa shape index (κ3) is 4.14. The number of ether oxygens (including phenoxy) is 1. The molecular formula is C24H28N2O3. The summed E-state index contributed by atoms with van der Waals surface area (Å²) in [7, 11) is 0. The van der Waals surface area contributed by atoms with Gasteiger partial charge in [-0.1, -0.05) is 12.1 Å². The number of benzene rings is 2. The van der Waals surface area contributed by atoms with Crippen LogP contribution < -0.4 is 4.74 Å². The number of hydrogen-bond donors (Lipinski definition) is 1. The topological polar surface area (TPSA) is 64.4 Å². The van der Waals surface area contributed by atoms with Crippen molar-refractivity contribution in [3.05, 3.63) is 47.7 Å². The first-order valence-corrected chi connectivity index (χ1v) is 10.5. The Labute approximate surface area is 171 Å². The van der Waals surface area contributed by atoms with Gasteiger partial charge in [0.05, 0.1) is 17.3 Å². The zero-order valence-corrected chi connectivity index (χ0v) is 17.1. The molecule has 0 saturated heterocycles. The average Bonchev–Trinajstić information content (AvgIpc) is 3.34. The maximum Gasteiger partial charge on any atom is 0.303 e. The summed E-state index contributed by atoms with van der Waals surface area (Å²) in [6, 6.07) is 12.5. The molecule has 0 radical (unpaired) electrons. The highest BCUT2D eigenvalue weighted by Gasteiger charge is 2.19. The second kappa shape index (κ2) is 8.27. The molecule has 0 unspecified atom stereocenters. The third-order valence-electron chi connectivity index (χ3n) is 5.81. The lowest BCUT2D eigenvalue weighted by atomic mass is 9.98. The van der Waals surface area contributed by atoms with Gasteiger partial charge in [0, 0.05) is 23.9 Å². The number of hydrogen-bond acceptors (Lipinski definition) is 3. The Kier molecular flexibility index (Phi) is 5.56. The van der Waals surface area contributed by atoms with Crippen LogP contribution in [0.15, 0.2) is 36.4 Å². The lowest BCUT2D eigenvalue weighted by Gasteiger charge is -2.18. The SMILES string of the molecule is CCn1nc(C)c2cc(-c3cc(CCC(=O)O)ccc3OC3CCCC3)ccc21. The molecule has 1 aromatic heterocycles. The Bertz CT molecular complexity index is 1030. The Morgan fingerprint density at radius 2 is 2.00 bits per heavy atom. The predicted octanol–water partition coefficient (Wildman–Crippen LogP) is 5.37. The quantitative estimate of drug-likeness (QED) is 0.587. The molecule has 1 aliphatic carbocycles. The molecule has 1 heterocycles. The van der Waals surface area contributed by atoms with Crippen molar-refractivity contribution in [2.45, 2.75) is 65.0 Å². The van der Waals surface area contributed by atoms with Crippen molar-refractivity contribution in [3.63, 3.8) is 0 Å². The van der Waals surface area contributed by atoms with E-state index in [-0.39, 0.29) is 12.5 Å². The largest absolute Gasteiger partial charge is 0.490 e. The van der Waals surface area contributed by atoms with E-state index in [1.54, 1.807) is 0 Å². The number of carbonyl (C=O) groups is 1. The van der Waals surface area contributed by atoms with Gasteiger partial charge in [-0.15, -0.1) is 0 Å². The first-order chi connectivity index (χ1) is 14.0. The summed E-state index contributed by atoms with van der Waals surface area (Å²) in [5.41, 5.74) is 5.28. The van der Waals surface area contributed by atoms with Crippen LogP contribution in [0.5, 0.6) is 5.75 Å². The van der Waals surface area contributed by atoms with Crippen LogP contribution in [0.3, 0.4) is 0 Å². The van der Waals surface area contributed by atoms with Crippen LogP contribution in [-0.4, -0.2) is 27.0 Å². The van der Waals surface area contributed by atoms with Gasteiger partial charge < -0.3 is 9.84 Å². The molecule has 29 heavy (non-hydrogen) atoms. The Morgan fingerprint density at radius 3 is 2.72 bits per heavy atom. The minimum atomic E-state index is -0.776. The van der Waals surface area contributed by atoms with Gasteiger partial charge in [-0.3, -0.25) is 9.48 Å². The maximum absolute atomic E-state index is 11.0. The van der Waals surface area contributed by atoms with E-state index in [4.69, 9.17) is 9.84 Å². The summed E-state index contributed by atoms with van der Waals surface area (Å²) >= 11 is 0. The van der Waals surface area contributed by atoms with E-state index >= 15 is 0 Å². The van der Waals surface area contributed by atoms with Crippen LogP contribution in [0.1, 0.15) is 50.3 Å². The van der Waals surface area contributed by atoms with Gasteiger partial charge >= 0.3 is 5.97 Å². The first kappa shape index (κ1) is 19.5. The number of carboxylic acid groups (broad SMARTS) is 1. The zero-order valence-electron chi connectivity index (χ0n) is 17.1. The number of carboxylic acids is 1. The molecule has 4 rings (SSSR count).